The smallest absolute Gasteiger partial charge is 0.241 e. The van der Waals surface area contributed by atoms with Crippen LogP contribution in [0.1, 0.15) is 43.0 Å². The van der Waals surface area contributed by atoms with E-state index in [2.05, 4.69) is 5.32 Å². The van der Waals surface area contributed by atoms with Crippen LogP contribution in [0.25, 0.3) is 0 Å². The van der Waals surface area contributed by atoms with Crippen LogP contribution in [0.4, 0.5) is 5.69 Å². The Labute approximate surface area is 147 Å². The molecule has 0 aliphatic carbocycles. The predicted molar refractivity (Wildman–Crippen MR) is 98.0 cm³/mol. The lowest BCUT2D eigenvalue weighted by molar-refractivity contribution is -0.123. The van der Waals surface area contributed by atoms with Crippen molar-refractivity contribution in [1.29, 1.82) is 0 Å². The van der Waals surface area contributed by atoms with E-state index in [4.69, 9.17) is 5.73 Å². The largest absolute Gasteiger partial charge is 0.348 e. The number of benzene rings is 2. The third kappa shape index (κ3) is 3.88. The zero-order chi connectivity index (χ0) is 17.8. The minimum absolute atomic E-state index is 0.161. The minimum atomic E-state index is -0.690. The maximum absolute atomic E-state index is 12.4. The van der Waals surface area contributed by atoms with Crippen LogP contribution >= 0.6 is 0 Å². The monoisotopic (exact) mass is 337 g/mol. The van der Waals surface area contributed by atoms with Gasteiger partial charge in [0.15, 0.2) is 0 Å². The fourth-order valence-corrected chi connectivity index (χ4v) is 3.06. The molecule has 2 unspecified atom stereocenters. The van der Waals surface area contributed by atoms with Crippen molar-refractivity contribution in [2.45, 2.75) is 31.8 Å². The van der Waals surface area contributed by atoms with Gasteiger partial charge in [0.1, 0.15) is 6.04 Å². The third-order valence-electron chi connectivity index (χ3n) is 4.58. The van der Waals surface area contributed by atoms with Gasteiger partial charge in [-0.1, -0.05) is 42.5 Å². The summed E-state index contributed by atoms with van der Waals surface area (Å²) in [4.78, 5) is 26.0. The maximum Gasteiger partial charge on any atom is 0.241 e. The van der Waals surface area contributed by atoms with Crippen LogP contribution in [0.2, 0.25) is 0 Å². The zero-order valence-electron chi connectivity index (χ0n) is 14.3. The van der Waals surface area contributed by atoms with E-state index in [0.29, 0.717) is 6.42 Å². The Balaban J connectivity index is 1.64. The molecule has 1 aliphatic rings. The number of nitrogens with two attached hydrogens (primary N) is 1. The van der Waals surface area contributed by atoms with E-state index in [1.165, 1.54) is 0 Å². The lowest BCUT2D eigenvalue weighted by Crippen LogP contribution is -2.35. The van der Waals surface area contributed by atoms with E-state index >= 15 is 0 Å². The van der Waals surface area contributed by atoms with E-state index in [0.717, 1.165) is 29.8 Å². The number of rotatable bonds is 5. The molecule has 5 nitrogen and oxygen atoms in total. The standard InChI is InChI=1S/C20H23N3O2/c1-14(22-20(25)19(21)16-6-3-2-4-7-16)15-9-11-17(12-10-15)23-13-5-8-18(23)24/h2-4,6-7,9-12,14,19H,5,8,13,21H2,1H3,(H,22,25). The van der Waals surface area contributed by atoms with Crippen molar-refractivity contribution in [3.05, 3.63) is 65.7 Å². The molecule has 1 heterocycles. The molecule has 0 saturated carbocycles. The maximum atomic E-state index is 12.4. The Hall–Kier alpha value is -2.66. The quantitative estimate of drug-likeness (QED) is 0.881. The average Bonchev–Trinajstić information content (AvgIpc) is 3.07. The zero-order valence-corrected chi connectivity index (χ0v) is 14.3. The van der Waals surface area contributed by atoms with Gasteiger partial charge in [0.2, 0.25) is 11.8 Å². The Kier molecular flexibility index (Phi) is 5.14. The Bertz CT molecular complexity index is 743. The number of nitrogens with one attached hydrogen (secondary N) is 1. The number of carbonyl (C=O) groups excluding carboxylic acids is 2. The summed E-state index contributed by atoms with van der Waals surface area (Å²) >= 11 is 0. The summed E-state index contributed by atoms with van der Waals surface area (Å²) in [6, 6.07) is 16.2. The minimum Gasteiger partial charge on any atom is -0.348 e. The Morgan fingerprint density at radius 1 is 1.08 bits per heavy atom. The molecule has 0 radical (unpaired) electrons. The van der Waals surface area contributed by atoms with Gasteiger partial charge in [-0.15, -0.1) is 0 Å². The topological polar surface area (TPSA) is 75.4 Å². The molecule has 130 valence electrons. The molecule has 5 heteroatoms. The first-order chi connectivity index (χ1) is 12.1. The predicted octanol–water partition coefficient (Wildman–Crippen LogP) is 2.69. The van der Waals surface area contributed by atoms with Crippen molar-refractivity contribution in [2.75, 3.05) is 11.4 Å². The number of carbonyl (C=O) groups is 2. The number of amides is 2. The first-order valence-corrected chi connectivity index (χ1v) is 8.57. The van der Waals surface area contributed by atoms with Crippen molar-refractivity contribution in [2.24, 2.45) is 5.73 Å². The highest BCUT2D eigenvalue weighted by molar-refractivity contribution is 5.95. The fraction of sp³-hybridized carbons (Fsp3) is 0.300. The molecule has 2 amide bonds. The molecule has 0 spiro atoms. The van der Waals surface area contributed by atoms with E-state index in [1.807, 2.05) is 61.5 Å². The molecule has 2 aromatic rings. The normalized spacial score (nSPS) is 16.6. The van der Waals surface area contributed by atoms with Crippen molar-refractivity contribution in [3.63, 3.8) is 0 Å². The highest BCUT2D eigenvalue weighted by Crippen LogP contribution is 2.23. The van der Waals surface area contributed by atoms with Crippen LogP contribution in [-0.4, -0.2) is 18.4 Å². The molecule has 1 fully saturated rings. The van der Waals surface area contributed by atoms with Gasteiger partial charge >= 0.3 is 0 Å². The first kappa shape index (κ1) is 17.2. The second kappa shape index (κ2) is 7.49. The van der Waals surface area contributed by atoms with Gasteiger partial charge in [-0.3, -0.25) is 9.59 Å². The van der Waals surface area contributed by atoms with Gasteiger partial charge < -0.3 is 16.0 Å². The number of nitrogens with zero attached hydrogens (tertiary/aromatic N) is 1. The summed E-state index contributed by atoms with van der Waals surface area (Å²) < 4.78 is 0. The summed E-state index contributed by atoms with van der Waals surface area (Å²) in [7, 11) is 0. The lowest BCUT2D eigenvalue weighted by Gasteiger charge is -2.20. The Morgan fingerprint density at radius 2 is 1.76 bits per heavy atom. The average molecular weight is 337 g/mol. The lowest BCUT2D eigenvalue weighted by atomic mass is 10.0. The van der Waals surface area contributed by atoms with E-state index in [9.17, 15) is 9.59 Å². The van der Waals surface area contributed by atoms with Crippen molar-refractivity contribution < 1.29 is 9.59 Å². The number of hydrogen-bond acceptors (Lipinski definition) is 3. The molecule has 1 saturated heterocycles. The molecular formula is C20H23N3O2. The summed E-state index contributed by atoms with van der Waals surface area (Å²) in [5, 5.41) is 2.95. The molecule has 2 aromatic carbocycles. The summed E-state index contributed by atoms with van der Waals surface area (Å²) in [6.07, 6.45) is 1.52. The van der Waals surface area contributed by atoms with E-state index < -0.39 is 6.04 Å². The van der Waals surface area contributed by atoms with E-state index in [-0.39, 0.29) is 17.9 Å². The molecule has 0 bridgehead atoms. The molecule has 3 N–H and O–H groups in total. The van der Waals surface area contributed by atoms with Gasteiger partial charge in [-0.05, 0) is 36.6 Å². The molecule has 2 atom stereocenters. The van der Waals surface area contributed by atoms with Crippen LogP contribution in [0.3, 0.4) is 0 Å². The van der Waals surface area contributed by atoms with Crippen LogP contribution in [0, 0.1) is 0 Å². The summed E-state index contributed by atoms with van der Waals surface area (Å²) in [5.74, 6) is -0.0413. The first-order valence-electron chi connectivity index (χ1n) is 8.57. The van der Waals surface area contributed by atoms with Gasteiger partial charge in [0, 0.05) is 18.7 Å². The Morgan fingerprint density at radius 3 is 2.36 bits per heavy atom. The van der Waals surface area contributed by atoms with Crippen LogP contribution in [0.15, 0.2) is 54.6 Å². The molecular weight excluding hydrogens is 314 g/mol. The SMILES string of the molecule is CC(NC(=O)C(N)c1ccccc1)c1ccc(N2CCCC2=O)cc1. The fourth-order valence-electron chi connectivity index (χ4n) is 3.06. The number of hydrogen-bond donors (Lipinski definition) is 2. The second-order valence-corrected chi connectivity index (χ2v) is 6.36. The van der Waals surface area contributed by atoms with Crippen LogP contribution < -0.4 is 16.0 Å². The summed E-state index contributed by atoms with van der Waals surface area (Å²) in [5.41, 5.74) is 8.70. The van der Waals surface area contributed by atoms with Crippen molar-refractivity contribution >= 4 is 17.5 Å². The van der Waals surface area contributed by atoms with Gasteiger partial charge in [-0.2, -0.15) is 0 Å². The van der Waals surface area contributed by atoms with Gasteiger partial charge in [-0.25, -0.2) is 0 Å². The molecule has 0 aromatic heterocycles. The van der Waals surface area contributed by atoms with Crippen molar-refractivity contribution in [1.82, 2.24) is 5.32 Å². The molecule has 1 aliphatic heterocycles. The summed E-state index contributed by atoms with van der Waals surface area (Å²) in [6.45, 7) is 2.70. The highest BCUT2D eigenvalue weighted by atomic mass is 16.2. The van der Waals surface area contributed by atoms with Gasteiger partial charge in [0.05, 0.1) is 6.04 Å². The van der Waals surface area contributed by atoms with Crippen molar-refractivity contribution in [3.8, 4) is 0 Å². The van der Waals surface area contributed by atoms with Crippen LogP contribution in [0.5, 0.6) is 0 Å². The molecule has 25 heavy (non-hydrogen) atoms. The third-order valence-corrected chi connectivity index (χ3v) is 4.58. The van der Waals surface area contributed by atoms with E-state index in [1.54, 1.807) is 4.90 Å². The molecule has 3 rings (SSSR count). The van der Waals surface area contributed by atoms with Gasteiger partial charge in [0.25, 0.3) is 0 Å². The number of anilines is 1. The second-order valence-electron chi connectivity index (χ2n) is 6.36. The highest BCUT2D eigenvalue weighted by Gasteiger charge is 2.22. The van der Waals surface area contributed by atoms with Crippen LogP contribution in [-0.2, 0) is 9.59 Å².